The zero-order chi connectivity index (χ0) is 27.0. The van der Waals surface area contributed by atoms with Gasteiger partial charge in [0.05, 0.1) is 11.1 Å². The van der Waals surface area contributed by atoms with E-state index >= 15 is 0 Å². The Morgan fingerprint density at radius 3 is 2.34 bits per heavy atom. The molecule has 0 amide bonds. The number of phenols is 1. The molecule has 0 spiro atoms. The molecule has 1 heterocycles. The highest BCUT2D eigenvalue weighted by atomic mass is 19.1. The highest BCUT2D eigenvalue weighted by molar-refractivity contribution is 6.03. The molecule has 0 bridgehead atoms. The third-order valence-corrected chi connectivity index (χ3v) is 6.44. The van der Waals surface area contributed by atoms with Gasteiger partial charge in [-0.15, -0.1) is 10.2 Å². The lowest BCUT2D eigenvalue weighted by Gasteiger charge is -2.09. The van der Waals surface area contributed by atoms with Gasteiger partial charge in [-0.25, -0.2) is 9.18 Å². The second-order valence-corrected chi connectivity index (χ2v) is 9.20. The number of para-hydroxylation sites is 1. The second kappa shape index (κ2) is 9.82. The summed E-state index contributed by atoms with van der Waals surface area (Å²) in [6, 6.07) is 21.4. The quantitative estimate of drug-likeness (QED) is 0.172. The number of rotatable bonds is 6. The number of aromatic hydroxyl groups is 2. The molecule has 4 N–H and O–H groups in total. The van der Waals surface area contributed by atoms with Crippen LogP contribution in [-0.2, 0) is 0 Å². The molecule has 0 saturated carbocycles. The number of nitrogens with one attached hydrogen (secondary N) is 1. The summed E-state index contributed by atoms with van der Waals surface area (Å²) in [5.74, 6) is -1.69. The highest BCUT2D eigenvalue weighted by Gasteiger charge is 2.19. The fraction of sp³-hybridized carbons (Fsp3) is 0.100. The summed E-state index contributed by atoms with van der Waals surface area (Å²) in [6.07, 6.45) is 0. The largest absolute Gasteiger partial charge is 0.505 e. The molecule has 5 aromatic rings. The van der Waals surface area contributed by atoms with Gasteiger partial charge in [0.1, 0.15) is 11.5 Å². The first-order chi connectivity index (χ1) is 18.2. The van der Waals surface area contributed by atoms with Crippen LogP contribution in [0.25, 0.3) is 33.2 Å². The molecule has 0 atom stereocenters. The van der Waals surface area contributed by atoms with Crippen LogP contribution in [0.1, 0.15) is 35.7 Å². The topological polar surface area (TPSA) is 118 Å². The maximum Gasteiger partial charge on any atom is 0.335 e. The fourth-order valence-corrected chi connectivity index (χ4v) is 4.40. The number of aromatic amines is 1. The maximum absolute atomic E-state index is 15.0. The zero-order valence-corrected chi connectivity index (χ0v) is 20.6. The number of nitrogens with zero attached hydrogens (tertiary/aromatic N) is 2. The average Bonchev–Trinajstić information content (AvgIpc) is 3.22. The number of aromatic nitrogens is 1. The van der Waals surface area contributed by atoms with Crippen LogP contribution in [0.5, 0.6) is 11.6 Å². The third kappa shape index (κ3) is 4.48. The van der Waals surface area contributed by atoms with E-state index < -0.39 is 11.8 Å². The van der Waals surface area contributed by atoms with Crippen LogP contribution in [0.3, 0.4) is 0 Å². The van der Waals surface area contributed by atoms with Gasteiger partial charge in [0.15, 0.2) is 11.4 Å². The Morgan fingerprint density at radius 1 is 0.895 bits per heavy atom. The van der Waals surface area contributed by atoms with Crippen LogP contribution in [-0.4, -0.2) is 26.3 Å². The lowest BCUT2D eigenvalue weighted by atomic mass is 9.97. The highest BCUT2D eigenvalue weighted by Crippen LogP contribution is 2.43. The Hall–Kier alpha value is -4.98. The molecule has 1 aromatic heterocycles. The standard InChI is InChI=1S/C30H24FN3O4/c1-16(2)17-9-11-18(12-10-17)25-23(31)14-13-22-26(25)32-29(36)27(22)34-33-24-8-4-7-21(28(24)35)19-5-3-6-20(15-19)30(37)38/h3-16,32,35-36H,1-2H3,(H,37,38). The van der Waals surface area contributed by atoms with Crippen LogP contribution in [0, 0.1) is 5.82 Å². The molecule has 0 aliphatic heterocycles. The number of carbonyl (C=O) groups is 1. The predicted molar refractivity (Wildman–Crippen MR) is 144 cm³/mol. The summed E-state index contributed by atoms with van der Waals surface area (Å²) in [7, 11) is 0. The van der Waals surface area contributed by atoms with Gasteiger partial charge in [-0.3, -0.25) is 0 Å². The van der Waals surface area contributed by atoms with Crippen LogP contribution < -0.4 is 0 Å². The summed E-state index contributed by atoms with van der Waals surface area (Å²) in [5, 5.41) is 39.5. The Morgan fingerprint density at radius 2 is 1.63 bits per heavy atom. The van der Waals surface area contributed by atoms with Gasteiger partial charge < -0.3 is 20.3 Å². The number of hydrogen-bond donors (Lipinski definition) is 4. The molecular weight excluding hydrogens is 485 g/mol. The molecule has 190 valence electrons. The minimum Gasteiger partial charge on any atom is -0.505 e. The van der Waals surface area contributed by atoms with Gasteiger partial charge in [0.2, 0.25) is 5.88 Å². The predicted octanol–water partition coefficient (Wildman–Crippen LogP) is 8.29. The van der Waals surface area contributed by atoms with Crippen molar-refractivity contribution in [3.8, 4) is 33.9 Å². The minimum absolute atomic E-state index is 0.0829. The van der Waals surface area contributed by atoms with Crippen molar-refractivity contribution in [2.45, 2.75) is 19.8 Å². The number of halogens is 1. The number of azo groups is 1. The summed E-state index contributed by atoms with van der Waals surface area (Å²) >= 11 is 0. The van der Waals surface area contributed by atoms with Crippen molar-refractivity contribution in [1.29, 1.82) is 0 Å². The summed E-state index contributed by atoms with van der Waals surface area (Å²) in [5.41, 5.74) is 3.62. The Labute approximate surface area is 217 Å². The average molecular weight is 510 g/mol. The summed E-state index contributed by atoms with van der Waals surface area (Å²) < 4.78 is 15.0. The Balaban J connectivity index is 1.55. The number of fused-ring (bicyclic) bond motifs is 1. The molecule has 0 radical (unpaired) electrons. The first kappa shape index (κ1) is 24.7. The number of hydrogen-bond acceptors (Lipinski definition) is 5. The molecule has 38 heavy (non-hydrogen) atoms. The molecule has 5 rings (SSSR count). The fourth-order valence-electron chi connectivity index (χ4n) is 4.40. The van der Waals surface area contributed by atoms with E-state index in [9.17, 15) is 24.5 Å². The van der Waals surface area contributed by atoms with Crippen molar-refractivity contribution >= 4 is 28.2 Å². The molecule has 8 heteroatoms. The number of benzene rings is 4. The lowest BCUT2D eigenvalue weighted by molar-refractivity contribution is 0.0697. The van der Waals surface area contributed by atoms with Gasteiger partial charge in [-0.05, 0) is 52.9 Å². The van der Waals surface area contributed by atoms with Gasteiger partial charge in [-0.1, -0.05) is 62.4 Å². The van der Waals surface area contributed by atoms with Crippen LogP contribution in [0.15, 0.2) is 89.1 Å². The van der Waals surface area contributed by atoms with Crippen molar-refractivity contribution in [2.24, 2.45) is 10.2 Å². The van der Waals surface area contributed by atoms with Crippen molar-refractivity contribution in [1.82, 2.24) is 4.98 Å². The van der Waals surface area contributed by atoms with Crippen LogP contribution >= 0.6 is 0 Å². The minimum atomic E-state index is -1.08. The molecule has 7 nitrogen and oxygen atoms in total. The molecule has 4 aromatic carbocycles. The van der Waals surface area contributed by atoms with Crippen molar-refractivity contribution in [3.63, 3.8) is 0 Å². The Kier molecular flexibility index (Phi) is 6.38. The number of carboxylic acids is 1. The van der Waals surface area contributed by atoms with Crippen molar-refractivity contribution in [3.05, 3.63) is 95.8 Å². The van der Waals surface area contributed by atoms with Crippen molar-refractivity contribution < 1.29 is 24.5 Å². The molecule has 0 aliphatic carbocycles. The monoisotopic (exact) mass is 509 g/mol. The van der Waals surface area contributed by atoms with Gasteiger partial charge in [0.25, 0.3) is 0 Å². The molecule has 0 saturated heterocycles. The zero-order valence-electron chi connectivity index (χ0n) is 20.6. The van der Waals surface area contributed by atoms with Gasteiger partial charge >= 0.3 is 5.97 Å². The number of H-pyrrole nitrogens is 1. The number of carboxylic acid groups (broad SMARTS) is 1. The van der Waals surface area contributed by atoms with E-state index in [1.165, 1.54) is 30.3 Å². The van der Waals surface area contributed by atoms with Gasteiger partial charge in [0, 0.05) is 16.5 Å². The van der Waals surface area contributed by atoms with E-state index in [1.807, 2.05) is 24.3 Å². The summed E-state index contributed by atoms with van der Waals surface area (Å²) in [4.78, 5) is 14.2. The second-order valence-electron chi connectivity index (χ2n) is 9.20. The Bertz CT molecular complexity index is 1710. The first-order valence-corrected chi connectivity index (χ1v) is 12.0. The maximum atomic E-state index is 15.0. The van der Waals surface area contributed by atoms with Crippen LogP contribution in [0.4, 0.5) is 15.8 Å². The summed E-state index contributed by atoms with van der Waals surface area (Å²) in [6.45, 7) is 4.16. The van der Waals surface area contributed by atoms with Crippen molar-refractivity contribution in [2.75, 3.05) is 0 Å². The van der Waals surface area contributed by atoms with Gasteiger partial charge in [-0.2, -0.15) is 0 Å². The van der Waals surface area contributed by atoms with Crippen LogP contribution in [0.2, 0.25) is 0 Å². The van der Waals surface area contributed by atoms with E-state index in [4.69, 9.17) is 0 Å². The van der Waals surface area contributed by atoms with E-state index in [-0.39, 0.29) is 28.6 Å². The molecule has 0 aliphatic rings. The molecular formula is C30H24FN3O4. The van der Waals surface area contributed by atoms with E-state index in [0.29, 0.717) is 39.1 Å². The lowest BCUT2D eigenvalue weighted by Crippen LogP contribution is -1.95. The van der Waals surface area contributed by atoms with E-state index in [0.717, 1.165) is 5.56 Å². The third-order valence-electron chi connectivity index (χ3n) is 6.44. The van der Waals surface area contributed by atoms with E-state index in [2.05, 4.69) is 29.1 Å². The molecule has 0 unspecified atom stereocenters. The first-order valence-electron chi connectivity index (χ1n) is 12.0. The number of phenolic OH excluding ortho intramolecular Hbond substituents is 1. The number of aromatic carboxylic acids is 1. The SMILES string of the molecule is CC(C)c1ccc(-c2c(F)ccc3c(N=Nc4cccc(-c5cccc(C(=O)O)c5)c4O)c(O)[nH]c23)cc1. The molecule has 0 fully saturated rings. The van der Waals surface area contributed by atoms with E-state index in [1.54, 1.807) is 24.3 Å². The smallest absolute Gasteiger partial charge is 0.335 e. The normalized spacial score (nSPS) is 11.6.